The molecule has 1 N–H and O–H groups in total. The summed E-state index contributed by atoms with van der Waals surface area (Å²) in [6.45, 7) is 3.57. The first kappa shape index (κ1) is 23.9. The van der Waals surface area contributed by atoms with Crippen molar-refractivity contribution in [2.24, 2.45) is 5.92 Å². The SMILES string of the molecule is CC(c1cc(C(=O)O)ccc1N(C)Cc1ccc(OCc2ccccc2)cc1)C1CCCCC1. The molecule has 1 aliphatic rings. The third-order valence-corrected chi connectivity index (χ3v) is 7.12. The number of carboxylic acid groups (broad SMARTS) is 1. The van der Waals surface area contributed by atoms with Crippen LogP contribution < -0.4 is 9.64 Å². The smallest absolute Gasteiger partial charge is 0.335 e. The van der Waals surface area contributed by atoms with E-state index in [-0.39, 0.29) is 0 Å². The first-order valence-electron chi connectivity index (χ1n) is 12.4. The molecule has 1 atom stereocenters. The van der Waals surface area contributed by atoms with Gasteiger partial charge in [0.25, 0.3) is 0 Å². The topological polar surface area (TPSA) is 49.8 Å². The summed E-state index contributed by atoms with van der Waals surface area (Å²) in [5.41, 5.74) is 4.98. The van der Waals surface area contributed by atoms with Crippen molar-refractivity contribution in [3.8, 4) is 5.75 Å². The lowest BCUT2D eigenvalue weighted by Crippen LogP contribution is -2.21. The lowest BCUT2D eigenvalue weighted by atomic mass is 9.77. The van der Waals surface area contributed by atoms with Crippen molar-refractivity contribution in [2.75, 3.05) is 11.9 Å². The second kappa shape index (κ2) is 11.2. The van der Waals surface area contributed by atoms with E-state index in [1.165, 1.54) is 37.7 Å². The van der Waals surface area contributed by atoms with E-state index in [4.69, 9.17) is 4.74 Å². The average molecular weight is 458 g/mol. The van der Waals surface area contributed by atoms with E-state index in [2.05, 4.69) is 43.1 Å². The highest BCUT2D eigenvalue weighted by Crippen LogP contribution is 2.40. The van der Waals surface area contributed by atoms with Crippen LogP contribution >= 0.6 is 0 Å². The van der Waals surface area contributed by atoms with Crippen molar-refractivity contribution >= 4 is 11.7 Å². The number of aromatic carboxylic acids is 1. The molecule has 34 heavy (non-hydrogen) atoms. The molecule has 4 heteroatoms. The Morgan fingerprint density at radius 1 is 0.971 bits per heavy atom. The Morgan fingerprint density at radius 3 is 2.35 bits per heavy atom. The Hall–Kier alpha value is -3.27. The standard InChI is InChI=1S/C30H35NO3/c1-22(25-11-7-4-8-12-25)28-19-26(30(32)33)15-18-29(28)31(2)20-23-13-16-27(17-14-23)34-21-24-9-5-3-6-10-24/h3,5-6,9-10,13-19,22,25H,4,7-8,11-12,20-21H2,1-2H3,(H,32,33). The maximum atomic E-state index is 11.7. The van der Waals surface area contributed by atoms with Crippen LogP contribution in [0.1, 0.15) is 72.0 Å². The fourth-order valence-corrected chi connectivity index (χ4v) is 5.08. The highest BCUT2D eigenvalue weighted by atomic mass is 16.5. The van der Waals surface area contributed by atoms with Crippen LogP contribution in [-0.2, 0) is 13.2 Å². The van der Waals surface area contributed by atoms with E-state index in [9.17, 15) is 9.90 Å². The van der Waals surface area contributed by atoms with Gasteiger partial charge in [0.05, 0.1) is 5.56 Å². The van der Waals surface area contributed by atoms with E-state index in [1.807, 2.05) is 42.5 Å². The molecular weight excluding hydrogens is 422 g/mol. The number of carbonyl (C=O) groups is 1. The third-order valence-electron chi connectivity index (χ3n) is 7.12. The molecule has 1 fully saturated rings. The molecule has 0 aromatic heterocycles. The molecule has 1 aliphatic carbocycles. The predicted molar refractivity (Wildman–Crippen MR) is 138 cm³/mol. The minimum atomic E-state index is -0.864. The zero-order valence-corrected chi connectivity index (χ0v) is 20.2. The summed E-state index contributed by atoms with van der Waals surface area (Å²) in [5.74, 6) is 0.946. The molecule has 0 radical (unpaired) electrons. The molecule has 0 amide bonds. The molecule has 0 spiro atoms. The van der Waals surface area contributed by atoms with Gasteiger partial charge in [0, 0.05) is 19.3 Å². The molecule has 0 saturated heterocycles. The Kier molecular flexibility index (Phi) is 7.89. The van der Waals surface area contributed by atoms with Crippen LogP contribution in [0.4, 0.5) is 5.69 Å². The fraction of sp³-hybridized carbons (Fsp3) is 0.367. The minimum Gasteiger partial charge on any atom is -0.489 e. The van der Waals surface area contributed by atoms with Crippen LogP contribution in [-0.4, -0.2) is 18.1 Å². The van der Waals surface area contributed by atoms with Crippen LogP contribution in [0, 0.1) is 5.92 Å². The molecule has 0 bridgehead atoms. The number of nitrogens with zero attached hydrogens (tertiary/aromatic N) is 1. The van der Waals surface area contributed by atoms with Crippen LogP contribution in [0.15, 0.2) is 72.8 Å². The number of benzene rings is 3. The van der Waals surface area contributed by atoms with Gasteiger partial charge in [0.2, 0.25) is 0 Å². The highest BCUT2D eigenvalue weighted by Gasteiger charge is 2.25. The van der Waals surface area contributed by atoms with E-state index in [0.717, 1.165) is 29.1 Å². The van der Waals surface area contributed by atoms with Crippen molar-refractivity contribution in [2.45, 2.75) is 58.1 Å². The third kappa shape index (κ3) is 5.99. The monoisotopic (exact) mass is 457 g/mol. The molecule has 1 unspecified atom stereocenters. The summed E-state index contributed by atoms with van der Waals surface area (Å²) in [4.78, 5) is 13.9. The summed E-state index contributed by atoms with van der Waals surface area (Å²) in [7, 11) is 2.09. The first-order chi connectivity index (χ1) is 16.5. The molecule has 3 aromatic rings. The molecule has 4 nitrogen and oxygen atoms in total. The minimum absolute atomic E-state index is 0.339. The first-order valence-corrected chi connectivity index (χ1v) is 12.4. The second-order valence-electron chi connectivity index (χ2n) is 9.54. The van der Waals surface area contributed by atoms with Gasteiger partial charge in [-0.3, -0.25) is 0 Å². The number of hydrogen-bond donors (Lipinski definition) is 1. The van der Waals surface area contributed by atoms with Gasteiger partial charge in [-0.1, -0.05) is 68.7 Å². The van der Waals surface area contributed by atoms with Gasteiger partial charge in [-0.2, -0.15) is 0 Å². The molecule has 0 heterocycles. The van der Waals surface area contributed by atoms with E-state index in [0.29, 0.717) is 24.0 Å². The van der Waals surface area contributed by atoms with Gasteiger partial charge in [-0.25, -0.2) is 4.79 Å². The molecule has 1 saturated carbocycles. The number of carboxylic acids is 1. The van der Waals surface area contributed by atoms with Crippen molar-refractivity contribution in [1.82, 2.24) is 0 Å². The molecule has 3 aromatic carbocycles. The number of anilines is 1. The maximum absolute atomic E-state index is 11.7. The summed E-state index contributed by atoms with van der Waals surface area (Å²) >= 11 is 0. The van der Waals surface area contributed by atoms with Gasteiger partial charge in [-0.05, 0) is 71.7 Å². The normalized spacial score (nSPS) is 15.0. The summed E-state index contributed by atoms with van der Waals surface area (Å²) < 4.78 is 5.92. The van der Waals surface area contributed by atoms with E-state index >= 15 is 0 Å². The Balaban J connectivity index is 1.47. The predicted octanol–water partition coefficient (Wildman–Crippen LogP) is 7.28. The Bertz CT molecular complexity index is 1070. The second-order valence-corrected chi connectivity index (χ2v) is 9.54. The van der Waals surface area contributed by atoms with Crippen LogP contribution in [0.3, 0.4) is 0 Å². The van der Waals surface area contributed by atoms with Gasteiger partial charge >= 0.3 is 5.97 Å². The lowest BCUT2D eigenvalue weighted by molar-refractivity contribution is 0.0696. The highest BCUT2D eigenvalue weighted by molar-refractivity contribution is 5.88. The van der Waals surface area contributed by atoms with Crippen LogP contribution in [0.2, 0.25) is 0 Å². The van der Waals surface area contributed by atoms with Gasteiger partial charge in [0.15, 0.2) is 0 Å². The van der Waals surface area contributed by atoms with Crippen molar-refractivity contribution in [3.05, 3.63) is 95.1 Å². The molecular formula is C30H35NO3. The van der Waals surface area contributed by atoms with Crippen LogP contribution in [0.5, 0.6) is 5.75 Å². The van der Waals surface area contributed by atoms with Crippen LogP contribution in [0.25, 0.3) is 0 Å². The number of hydrogen-bond acceptors (Lipinski definition) is 3. The maximum Gasteiger partial charge on any atom is 0.335 e. The molecule has 178 valence electrons. The van der Waals surface area contributed by atoms with Gasteiger partial charge in [-0.15, -0.1) is 0 Å². The van der Waals surface area contributed by atoms with E-state index in [1.54, 1.807) is 6.07 Å². The summed E-state index contributed by atoms with van der Waals surface area (Å²) in [5, 5.41) is 9.58. The average Bonchev–Trinajstić information content (AvgIpc) is 2.88. The quantitative estimate of drug-likeness (QED) is 0.367. The molecule has 4 rings (SSSR count). The van der Waals surface area contributed by atoms with Gasteiger partial charge in [0.1, 0.15) is 12.4 Å². The zero-order chi connectivity index (χ0) is 23.9. The number of ether oxygens (including phenoxy) is 1. The van der Waals surface area contributed by atoms with Gasteiger partial charge < -0.3 is 14.7 Å². The van der Waals surface area contributed by atoms with E-state index < -0.39 is 5.97 Å². The number of rotatable bonds is 9. The zero-order valence-electron chi connectivity index (χ0n) is 20.2. The Labute approximate surface area is 203 Å². The Morgan fingerprint density at radius 2 is 1.68 bits per heavy atom. The summed E-state index contributed by atoms with van der Waals surface area (Å²) in [6.07, 6.45) is 6.32. The lowest BCUT2D eigenvalue weighted by Gasteiger charge is -2.32. The van der Waals surface area contributed by atoms with Crippen molar-refractivity contribution in [1.29, 1.82) is 0 Å². The fourth-order valence-electron chi connectivity index (χ4n) is 5.08. The molecule has 0 aliphatic heterocycles. The largest absolute Gasteiger partial charge is 0.489 e. The van der Waals surface area contributed by atoms with Crippen molar-refractivity contribution < 1.29 is 14.6 Å². The van der Waals surface area contributed by atoms with Crippen molar-refractivity contribution in [3.63, 3.8) is 0 Å². The summed E-state index contributed by atoms with van der Waals surface area (Å²) in [6, 6.07) is 24.0.